The minimum Gasteiger partial charge on any atom is -0.661 e. The molecule has 0 saturated heterocycles. The van der Waals surface area contributed by atoms with E-state index in [1.54, 1.807) is 13.2 Å². The summed E-state index contributed by atoms with van der Waals surface area (Å²) in [5, 5.41) is 1.07. The molecule has 0 unspecified atom stereocenters. The van der Waals surface area contributed by atoms with Crippen molar-refractivity contribution in [2.45, 2.75) is 77.8 Å². The van der Waals surface area contributed by atoms with Crippen molar-refractivity contribution in [3.05, 3.63) is 34.4 Å². The van der Waals surface area contributed by atoms with Crippen molar-refractivity contribution < 1.29 is 23.2 Å². The molecule has 0 aromatic heterocycles. The van der Waals surface area contributed by atoms with Gasteiger partial charge in [-0.15, -0.1) is 0 Å². The van der Waals surface area contributed by atoms with Gasteiger partial charge in [-0.05, 0) is 43.5 Å². The van der Waals surface area contributed by atoms with Crippen LogP contribution in [0.3, 0.4) is 0 Å². The lowest BCUT2D eigenvalue weighted by atomic mass is 9.85. The van der Waals surface area contributed by atoms with Gasteiger partial charge in [-0.1, -0.05) is 51.6 Å². The Hall–Kier alpha value is -2.60. The summed E-state index contributed by atoms with van der Waals surface area (Å²) >= 11 is 0. The summed E-state index contributed by atoms with van der Waals surface area (Å²) in [4.78, 5) is 24.5. The van der Waals surface area contributed by atoms with Gasteiger partial charge in [0.15, 0.2) is 5.78 Å². The molecule has 0 radical (unpaired) electrons. The summed E-state index contributed by atoms with van der Waals surface area (Å²) in [6, 6.07) is 2.06. The number of carbonyl (C=O) groups is 2. The molecule has 0 amide bonds. The molecule has 1 heterocycles. The fourth-order valence-electron chi connectivity index (χ4n) is 5.66. The summed E-state index contributed by atoms with van der Waals surface area (Å²) in [7, 11) is -1.38. The van der Waals surface area contributed by atoms with E-state index in [2.05, 4.69) is 47.6 Å². The fraction of sp³-hybridized carbons (Fsp3) is 0.481. The third kappa shape index (κ3) is 3.33. The highest BCUT2D eigenvalue weighted by Gasteiger charge is 2.52. The zero-order valence-corrected chi connectivity index (χ0v) is 22.0. The van der Waals surface area contributed by atoms with Gasteiger partial charge in [0, 0.05) is 22.9 Å². The van der Waals surface area contributed by atoms with Crippen LogP contribution < -0.4 is 13.6 Å². The summed E-state index contributed by atoms with van der Waals surface area (Å²) in [5.41, 5.74) is 3.41. The van der Waals surface area contributed by atoms with Gasteiger partial charge in [0.1, 0.15) is 12.0 Å². The van der Waals surface area contributed by atoms with E-state index in [1.807, 2.05) is 6.92 Å². The lowest BCUT2D eigenvalue weighted by Crippen LogP contribution is -2.63. The van der Waals surface area contributed by atoms with E-state index < -0.39 is 8.56 Å². The third-order valence-electron chi connectivity index (χ3n) is 6.92. The van der Waals surface area contributed by atoms with Crippen LogP contribution in [0.2, 0.25) is 10.1 Å². The average molecular weight is 467 g/mol. The minimum atomic E-state index is -3.04. The molecule has 2 aliphatic rings. The first kappa shape index (κ1) is 23.6. The van der Waals surface area contributed by atoms with Gasteiger partial charge in [-0.3, -0.25) is 9.59 Å². The number of ether oxygens (including phenoxy) is 1. The normalized spacial score (nSPS) is 17.5. The molecule has 1 aliphatic heterocycles. The second kappa shape index (κ2) is 7.72. The van der Waals surface area contributed by atoms with Crippen molar-refractivity contribution in [1.29, 1.82) is 0 Å². The lowest BCUT2D eigenvalue weighted by Gasteiger charge is -2.63. The summed E-state index contributed by atoms with van der Waals surface area (Å²) in [5.74, 6) is 2.15. The maximum atomic E-state index is 13.3. The first-order valence-electron chi connectivity index (χ1n) is 11.6. The highest BCUT2D eigenvalue weighted by Crippen LogP contribution is 2.60. The van der Waals surface area contributed by atoms with Crippen molar-refractivity contribution in [3.63, 3.8) is 0 Å². The molecular formula is C27H34O5Si-. The van der Waals surface area contributed by atoms with Crippen LogP contribution in [0.4, 0.5) is 0 Å². The number of carbonyl (C=O) groups excluding carboxylic acids is 2. The van der Waals surface area contributed by atoms with E-state index in [0.717, 1.165) is 52.3 Å². The molecular weight excluding hydrogens is 432 g/mol. The van der Waals surface area contributed by atoms with Gasteiger partial charge in [-0.25, -0.2) is 0 Å². The number of hydrogen-bond acceptors (Lipinski definition) is 5. The number of rotatable bonds is 3. The van der Waals surface area contributed by atoms with Gasteiger partial charge in [-0.2, -0.15) is 0 Å². The Kier molecular flexibility index (Phi) is 5.51. The van der Waals surface area contributed by atoms with E-state index in [9.17, 15) is 9.59 Å². The number of fused-ring (bicyclic) bond motifs is 2. The number of ketones is 1. The predicted octanol–water partition coefficient (Wildman–Crippen LogP) is 6.70. The molecule has 0 N–H and O–H groups in total. The maximum absolute atomic E-state index is 13.3. The first-order valence-corrected chi connectivity index (χ1v) is 13.4. The van der Waals surface area contributed by atoms with E-state index in [1.165, 1.54) is 6.08 Å². The zero-order chi connectivity index (χ0) is 24.3. The SMILES string of the molecule is COc1c2c(c3c4c(c(/C=C/C=O)c(C)cc14)O[Si-](C(C)(C)C)(C(C)(C)C)O3)C(=O)CCC2. The Morgan fingerprint density at radius 2 is 1.67 bits per heavy atom. The molecule has 2 aromatic carbocycles. The van der Waals surface area contributed by atoms with Gasteiger partial charge in [0.05, 0.1) is 29.6 Å². The number of aryl methyl sites for hydroxylation is 1. The standard InChI is InChI=1S/C27H34O5Si/c1-16-15-19-22-24(17(16)12-10-14-28)31-33(26(2,3)4,27(5,6)7)32-25(22)21-18(23(19)30-8)11-9-13-20(21)29/h10,12,14-15H,9,11,13H2,1-8H3/q-1/b12-10+. The van der Waals surface area contributed by atoms with Crippen LogP contribution >= 0.6 is 0 Å². The van der Waals surface area contributed by atoms with Crippen molar-refractivity contribution >= 4 is 37.5 Å². The van der Waals surface area contributed by atoms with Gasteiger partial charge in [0.25, 0.3) is 8.56 Å². The summed E-state index contributed by atoms with van der Waals surface area (Å²) < 4.78 is 20.0. The fourth-order valence-corrected chi connectivity index (χ4v) is 10.2. The largest absolute Gasteiger partial charge is 0.661 e. The quantitative estimate of drug-likeness (QED) is 0.286. The molecule has 177 valence electrons. The average Bonchev–Trinajstić information content (AvgIpc) is 2.71. The zero-order valence-electron chi connectivity index (χ0n) is 21.0. The Balaban J connectivity index is 2.24. The third-order valence-corrected chi connectivity index (χ3v) is 11.9. The number of methoxy groups -OCH3 is 1. The molecule has 0 atom stereocenters. The number of benzene rings is 2. The molecule has 0 spiro atoms. The van der Waals surface area contributed by atoms with Crippen molar-refractivity contribution in [3.8, 4) is 17.2 Å². The van der Waals surface area contributed by atoms with E-state index in [-0.39, 0.29) is 15.9 Å². The number of allylic oxidation sites excluding steroid dienone is 1. The Bertz CT molecular complexity index is 1180. The Morgan fingerprint density at radius 3 is 2.24 bits per heavy atom. The van der Waals surface area contributed by atoms with Crippen LogP contribution in [-0.4, -0.2) is 27.7 Å². The second-order valence-electron chi connectivity index (χ2n) is 11.2. The second-order valence-corrected chi connectivity index (χ2v) is 15.8. The molecule has 1 aliphatic carbocycles. The van der Waals surface area contributed by atoms with Gasteiger partial charge < -0.3 is 13.6 Å². The smallest absolute Gasteiger partial charge is 0.256 e. The first-order chi connectivity index (χ1) is 15.4. The topological polar surface area (TPSA) is 61.8 Å². The van der Waals surface area contributed by atoms with Crippen LogP contribution in [0.5, 0.6) is 17.2 Å². The number of Topliss-reactive ketones (excluding diaryl/α,β-unsaturated/α-hetero) is 1. The van der Waals surface area contributed by atoms with Crippen LogP contribution in [-0.2, 0) is 11.2 Å². The van der Waals surface area contributed by atoms with Crippen molar-refractivity contribution in [2.75, 3.05) is 7.11 Å². The molecule has 0 fully saturated rings. The molecule has 4 rings (SSSR count). The lowest BCUT2D eigenvalue weighted by molar-refractivity contribution is -0.104. The molecule has 6 heteroatoms. The van der Waals surface area contributed by atoms with Crippen LogP contribution in [0.15, 0.2) is 12.1 Å². The van der Waals surface area contributed by atoms with E-state index >= 15 is 0 Å². The Labute approximate surface area is 197 Å². The molecule has 0 saturated carbocycles. The van der Waals surface area contributed by atoms with E-state index in [4.69, 9.17) is 13.6 Å². The highest BCUT2D eigenvalue weighted by molar-refractivity contribution is 6.75. The van der Waals surface area contributed by atoms with Crippen LogP contribution in [0, 0.1) is 6.92 Å². The highest BCUT2D eigenvalue weighted by atomic mass is 28.4. The Morgan fingerprint density at radius 1 is 1.03 bits per heavy atom. The molecule has 2 aromatic rings. The molecule has 33 heavy (non-hydrogen) atoms. The van der Waals surface area contributed by atoms with Crippen molar-refractivity contribution in [2.24, 2.45) is 0 Å². The molecule has 5 nitrogen and oxygen atoms in total. The number of hydrogen-bond donors (Lipinski definition) is 0. The van der Waals surface area contributed by atoms with Crippen molar-refractivity contribution in [1.82, 2.24) is 0 Å². The van der Waals surface area contributed by atoms with E-state index in [0.29, 0.717) is 23.5 Å². The van der Waals surface area contributed by atoms with Crippen LogP contribution in [0.25, 0.3) is 16.8 Å². The van der Waals surface area contributed by atoms with Gasteiger partial charge >= 0.3 is 0 Å². The molecule has 0 bridgehead atoms. The van der Waals surface area contributed by atoms with Crippen LogP contribution in [0.1, 0.15) is 81.4 Å². The predicted molar refractivity (Wildman–Crippen MR) is 134 cm³/mol. The summed E-state index contributed by atoms with van der Waals surface area (Å²) in [6.45, 7) is 14.9. The summed E-state index contributed by atoms with van der Waals surface area (Å²) in [6.07, 6.45) is 6.13. The van der Waals surface area contributed by atoms with Gasteiger partial charge in [0.2, 0.25) is 0 Å². The maximum Gasteiger partial charge on any atom is 0.256 e. The number of aldehydes is 1. The minimum absolute atomic E-state index is 0.0931. The monoisotopic (exact) mass is 466 g/mol.